The first-order chi connectivity index (χ1) is 34.5. The average molecular weight is 984 g/mol. The molecule has 0 fully saturated rings. The number of carbonyl (C=O) groups is 3. The lowest BCUT2D eigenvalue weighted by Crippen LogP contribution is -2.30. The lowest BCUT2D eigenvalue weighted by Gasteiger charge is -2.18. The molecule has 1 unspecified atom stereocenters. The van der Waals surface area contributed by atoms with Crippen molar-refractivity contribution in [1.29, 1.82) is 0 Å². The van der Waals surface area contributed by atoms with Crippen LogP contribution in [-0.4, -0.2) is 37.2 Å². The Morgan fingerprint density at radius 2 is 0.557 bits per heavy atom. The van der Waals surface area contributed by atoms with Crippen molar-refractivity contribution >= 4 is 17.9 Å². The Labute approximate surface area is 435 Å². The number of allylic oxidation sites excluding steroid dienone is 6. The maximum Gasteiger partial charge on any atom is 0.306 e. The second kappa shape index (κ2) is 59.2. The van der Waals surface area contributed by atoms with Crippen molar-refractivity contribution in [3.05, 3.63) is 36.5 Å². The van der Waals surface area contributed by atoms with Gasteiger partial charge in [-0.1, -0.05) is 301 Å². The van der Waals surface area contributed by atoms with E-state index in [0.29, 0.717) is 19.3 Å². The maximum absolute atomic E-state index is 12.9. The van der Waals surface area contributed by atoms with E-state index in [0.717, 1.165) is 96.3 Å². The zero-order valence-electron chi connectivity index (χ0n) is 47.1. The van der Waals surface area contributed by atoms with E-state index in [9.17, 15) is 14.4 Å². The predicted molar refractivity (Wildman–Crippen MR) is 302 cm³/mol. The summed E-state index contributed by atoms with van der Waals surface area (Å²) in [4.78, 5) is 38.3. The van der Waals surface area contributed by atoms with Crippen molar-refractivity contribution in [2.75, 3.05) is 13.2 Å². The van der Waals surface area contributed by atoms with Crippen LogP contribution in [-0.2, 0) is 28.6 Å². The summed E-state index contributed by atoms with van der Waals surface area (Å²) in [5, 5.41) is 0. The lowest BCUT2D eigenvalue weighted by atomic mass is 10.0. The van der Waals surface area contributed by atoms with E-state index >= 15 is 0 Å². The minimum Gasteiger partial charge on any atom is -0.462 e. The van der Waals surface area contributed by atoms with Crippen LogP contribution in [0.15, 0.2) is 36.5 Å². The molecular weight excluding hydrogens is 865 g/mol. The zero-order valence-corrected chi connectivity index (χ0v) is 47.1. The van der Waals surface area contributed by atoms with Crippen molar-refractivity contribution < 1.29 is 28.6 Å². The van der Waals surface area contributed by atoms with E-state index in [1.807, 2.05) is 0 Å². The second-order valence-electron chi connectivity index (χ2n) is 21.0. The number of rotatable bonds is 57. The molecule has 0 heterocycles. The molecule has 0 aromatic carbocycles. The summed E-state index contributed by atoms with van der Waals surface area (Å²) in [6, 6.07) is 0. The number of hydrogen-bond donors (Lipinski definition) is 0. The molecule has 0 amide bonds. The van der Waals surface area contributed by atoms with Gasteiger partial charge in [0.2, 0.25) is 0 Å². The van der Waals surface area contributed by atoms with Gasteiger partial charge in [0.25, 0.3) is 0 Å². The summed E-state index contributed by atoms with van der Waals surface area (Å²) >= 11 is 0. The van der Waals surface area contributed by atoms with Crippen molar-refractivity contribution in [3.63, 3.8) is 0 Å². The summed E-state index contributed by atoms with van der Waals surface area (Å²) in [6.07, 6.45) is 71.5. The third kappa shape index (κ3) is 56.5. The normalized spacial score (nSPS) is 12.2. The Bertz CT molecular complexity index is 1170. The largest absolute Gasteiger partial charge is 0.462 e. The smallest absolute Gasteiger partial charge is 0.306 e. The highest BCUT2D eigenvalue weighted by Gasteiger charge is 2.19. The van der Waals surface area contributed by atoms with Crippen LogP contribution < -0.4 is 0 Å². The van der Waals surface area contributed by atoms with Crippen molar-refractivity contribution in [2.45, 2.75) is 341 Å². The molecule has 0 saturated carbocycles. The summed E-state index contributed by atoms with van der Waals surface area (Å²) in [6.45, 7) is 6.58. The molecule has 0 N–H and O–H groups in total. The van der Waals surface area contributed by atoms with Gasteiger partial charge in [0, 0.05) is 19.3 Å². The quantitative estimate of drug-likeness (QED) is 0.0261. The Kier molecular flexibility index (Phi) is 57.2. The number of hydrogen-bond acceptors (Lipinski definition) is 6. The van der Waals surface area contributed by atoms with Gasteiger partial charge < -0.3 is 14.2 Å². The van der Waals surface area contributed by atoms with E-state index in [4.69, 9.17) is 14.2 Å². The van der Waals surface area contributed by atoms with Gasteiger partial charge in [-0.25, -0.2) is 0 Å². The molecule has 6 heteroatoms. The van der Waals surface area contributed by atoms with Crippen LogP contribution in [0, 0.1) is 0 Å². The molecule has 0 bridgehead atoms. The van der Waals surface area contributed by atoms with Crippen LogP contribution in [0.25, 0.3) is 0 Å². The monoisotopic (exact) mass is 983 g/mol. The van der Waals surface area contributed by atoms with Crippen molar-refractivity contribution in [3.8, 4) is 0 Å². The lowest BCUT2D eigenvalue weighted by molar-refractivity contribution is -0.167. The Morgan fingerprint density at radius 1 is 0.300 bits per heavy atom. The first kappa shape index (κ1) is 67.6. The van der Waals surface area contributed by atoms with Crippen LogP contribution in [0.5, 0.6) is 0 Å². The van der Waals surface area contributed by atoms with Crippen LogP contribution in [0.3, 0.4) is 0 Å². The SMILES string of the molecule is CC/C=C\C/C=C\C/C=C\CCCCCCCC(=O)OCC(COC(=O)CCCCCCCCCCCCCCCCCCCCCC)OC(=O)CCCCCCCCCCCCCCCCCCC. The van der Waals surface area contributed by atoms with Gasteiger partial charge in [0.05, 0.1) is 0 Å². The van der Waals surface area contributed by atoms with Gasteiger partial charge in [-0.3, -0.25) is 14.4 Å². The minimum atomic E-state index is -0.775. The van der Waals surface area contributed by atoms with Crippen LogP contribution in [0.1, 0.15) is 335 Å². The summed E-state index contributed by atoms with van der Waals surface area (Å²) in [5.41, 5.74) is 0. The van der Waals surface area contributed by atoms with Gasteiger partial charge in [-0.2, -0.15) is 0 Å². The fraction of sp³-hybridized carbons (Fsp3) is 0.859. The van der Waals surface area contributed by atoms with Crippen LogP contribution in [0.2, 0.25) is 0 Å². The molecule has 0 radical (unpaired) electrons. The van der Waals surface area contributed by atoms with Gasteiger partial charge in [-0.05, 0) is 51.4 Å². The number of ether oxygens (including phenoxy) is 3. The Balaban J connectivity index is 4.31. The highest BCUT2D eigenvalue weighted by atomic mass is 16.6. The Morgan fingerprint density at radius 3 is 0.871 bits per heavy atom. The highest BCUT2D eigenvalue weighted by Crippen LogP contribution is 2.18. The van der Waals surface area contributed by atoms with Crippen LogP contribution in [0.4, 0.5) is 0 Å². The molecule has 0 saturated heterocycles. The summed E-state index contributed by atoms with van der Waals surface area (Å²) in [5.74, 6) is -0.866. The molecule has 6 nitrogen and oxygen atoms in total. The summed E-state index contributed by atoms with van der Waals surface area (Å²) < 4.78 is 16.9. The van der Waals surface area contributed by atoms with Gasteiger partial charge in [0.15, 0.2) is 6.10 Å². The summed E-state index contributed by atoms with van der Waals surface area (Å²) in [7, 11) is 0. The highest BCUT2D eigenvalue weighted by molar-refractivity contribution is 5.71. The Hall–Kier alpha value is -2.37. The van der Waals surface area contributed by atoms with Gasteiger partial charge in [-0.15, -0.1) is 0 Å². The fourth-order valence-electron chi connectivity index (χ4n) is 9.28. The number of esters is 3. The van der Waals surface area contributed by atoms with Gasteiger partial charge >= 0.3 is 17.9 Å². The first-order valence-corrected chi connectivity index (χ1v) is 31.0. The second-order valence-corrected chi connectivity index (χ2v) is 21.0. The third-order valence-electron chi connectivity index (χ3n) is 13.9. The number of unbranched alkanes of at least 4 members (excludes halogenated alkanes) is 40. The molecule has 0 aromatic rings. The standard InChI is InChI=1S/C64H118O6/c1-4-7-10-13-16-19-22-25-28-30-31-32-34-36-39-42-45-48-51-54-57-63(66)69-60-61(59-68-62(65)56-53-50-47-44-41-38-35-27-24-21-18-15-12-9-6-3)70-64(67)58-55-52-49-46-43-40-37-33-29-26-23-20-17-14-11-8-5-2/h9,12,18,21,27,35,61H,4-8,10-11,13-17,19-20,22-26,28-34,36-60H2,1-3H3/b12-9-,21-18-,35-27-. The maximum atomic E-state index is 12.9. The van der Waals surface area contributed by atoms with Crippen LogP contribution >= 0.6 is 0 Å². The van der Waals surface area contributed by atoms with E-state index in [1.165, 1.54) is 199 Å². The van der Waals surface area contributed by atoms with Gasteiger partial charge in [0.1, 0.15) is 13.2 Å². The molecule has 0 aliphatic rings. The molecule has 410 valence electrons. The van der Waals surface area contributed by atoms with E-state index in [1.54, 1.807) is 0 Å². The molecule has 0 aromatic heterocycles. The predicted octanol–water partition coefficient (Wildman–Crippen LogP) is 20.8. The van der Waals surface area contributed by atoms with E-state index in [2.05, 4.69) is 57.2 Å². The zero-order chi connectivity index (χ0) is 50.7. The molecule has 0 aliphatic carbocycles. The fourth-order valence-corrected chi connectivity index (χ4v) is 9.28. The van der Waals surface area contributed by atoms with E-state index in [-0.39, 0.29) is 31.1 Å². The van der Waals surface area contributed by atoms with Crippen molar-refractivity contribution in [2.24, 2.45) is 0 Å². The molecule has 0 aliphatic heterocycles. The molecule has 70 heavy (non-hydrogen) atoms. The molecule has 0 spiro atoms. The molecule has 1 atom stereocenters. The topological polar surface area (TPSA) is 78.9 Å². The van der Waals surface area contributed by atoms with E-state index < -0.39 is 6.10 Å². The average Bonchev–Trinajstić information content (AvgIpc) is 3.36. The minimum absolute atomic E-state index is 0.0723. The van der Waals surface area contributed by atoms with Crippen molar-refractivity contribution in [1.82, 2.24) is 0 Å². The molecular formula is C64H118O6. The molecule has 0 rings (SSSR count). The first-order valence-electron chi connectivity index (χ1n) is 31.0. The third-order valence-corrected chi connectivity index (χ3v) is 13.9. The number of carbonyl (C=O) groups excluding carboxylic acids is 3.